The minimum atomic E-state index is -4.27. The lowest BCUT2D eigenvalue weighted by atomic mass is 9.97. The number of sulfone groups is 1. The van der Waals surface area contributed by atoms with Gasteiger partial charge in [0.1, 0.15) is 17.1 Å². The topological polar surface area (TPSA) is 145 Å². The Kier molecular flexibility index (Phi) is 6.92. The predicted molar refractivity (Wildman–Crippen MR) is 138 cm³/mol. The molecule has 1 aromatic carbocycles. The monoisotopic (exact) mass is 523 g/mol. The summed E-state index contributed by atoms with van der Waals surface area (Å²) in [4.78, 5) is 34.2. The predicted octanol–water partition coefficient (Wildman–Crippen LogP) is 3.78. The van der Waals surface area contributed by atoms with Crippen molar-refractivity contribution in [2.45, 2.75) is 49.6 Å². The molecule has 1 unspecified atom stereocenters. The Bertz CT molecular complexity index is 1470. The standard InChI is InChI=1S/C26H29N5O5S/c1-16-14-26(3,4)31(15-16)25-23(24(27)33)20(11-12-28-25)37(34,35)22-10-6-9-21(30-22)36-19-8-5-7-18(13-19)29-17(2)32/h5-13,16H,14-15H2,1-4H3,(H2,27,33)(H,29,32). The largest absolute Gasteiger partial charge is 0.439 e. The first-order valence-corrected chi connectivity index (χ1v) is 13.2. The highest BCUT2D eigenvalue weighted by Crippen LogP contribution is 2.39. The number of carbonyl (C=O) groups is 2. The zero-order valence-electron chi connectivity index (χ0n) is 21.1. The second-order valence-electron chi connectivity index (χ2n) is 9.73. The molecule has 1 aliphatic rings. The number of benzene rings is 1. The van der Waals surface area contributed by atoms with Gasteiger partial charge in [0.05, 0.1) is 4.90 Å². The van der Waals surface area contributed by atoms with Crippen molar-refractivity contribution in [1.82, 2.24) is 9.97 Å². The van der Waals surface area contributed by atoms with Gasteiger partial charge in [-0.2, -0.15) is 0 Å². The second-order valence-corrected chi connectivity index (χ2v) is 11.6. The molecule has 1 aliphatic heterocycles. The molecular formula is C26H29N5O5S. The molecule has 1 atom stereocenters. The van der Waals surface area contributed by atoms with Crippen LogP contribution in [0, 0.1) is 5.92 Å². The molecule has 37 heavy (non-hydrogen) atoms. The van der Waals surface area contributed by atoms with Crippen LogP contribution < -0.4 is 20.7 Å². The molecular weight excluding hydrogens is 494 g/mol. The number of carbonyl (C=O) groups excluding carboxylic acids is 2. The molecule has 194 valence electrons. The van der Waals surface area contributed by atoms with Crippen LogP contribution in [0.5, 0.6) is 11.6 Å². The van der Waals surface area contributed by atoms with Crippen LogP contribution >= 0.6 is 0 Å². The van der Waals surface area contributed by atoms with Crippen molar-refractivity contribution in [2.24, 2.45) is 11.7 Å². The number of nitrogens with two attached hydrogens (primary N) is 1. The number of nitrogens with zero attached hydrogens (tertiary/aromatic N) is 3. The Morgan fingerprint density at radius 2 is 1.89 bits per heavy atom. The lowest BCUT2D eigenvalue weighted by Gasteiger charge is -2.33. The number of aromatic nitrogens is 2. The van der Waals surface area contributed by atoms with Crippen LogP contribution in [0.2, 0.25) is 0 Å². The number of anilines is 2. The van der Waals surface area contributed by atoms with Crippen molar-refractivity contribution < 1.29 is 22.7 Å². The molecule has 1 saturated heterocycles. The molecule has 2 aromatic heterocycles. The van der Waals surface area contributed by atoms with E-state index in [0.29, 0.717) is 23.9 Å². The summed E-state index contributed by atoms with van der Waals surface area (Å²) in [5, 5.41) is 2.34. The third-order valence-electron chi connectivity index (χ3n) is 6.11. The fourth-order valence-corrected chi connectivity index (χ4v) is 6.12. The van der Waals surface area contributed by atoms with Gasteiger partial charge in [0.25, 0.3) is 5.91 Å². The lowest BCUT2D eigenvalue weighted by Crippen LogP contribution is -2.40. The van der Waals surface area contributed by atoms with Gasteiger partial charge in [-0.3, -0.25) is 9.59 Å². The highest BCUT2D eigenvalue weighted by Gasteiger charge is 2.40. The van der Waals surface area contributed by atoms with Crippen molar-refractivity contribution in [1.29, 1.82) is 0 Å². The fourth-order valence-electron chi connectivity index (χ4n) is 4.73. The summed E-state index contributed by atoms with van der Waals surface area (Å²) in [6.07, 6.45) is 2.22. The van der Waals surface area contributed by atoms with Crippen LogP contribution in [-0.4, -0.2) is 42.3 Å². The van der Waals surface area contributed by atoms with Crippen molar-refractivity contribution in [2.75, 3.05) is 16.8 Å². The number of amides is 2. The Hall–Kier alpha value is -3.99. The van der Waals surface area contributed by atoms with Gasteiger partial charge in [-0.15, -0.1) is 0 Å². The molecule has 3 heterocycles. The van der Waals surface area contributed by atoms with Crippen LogP contribution in [0.15, 0.2) is 64.6 Å². The van der Waals surface area contributed by atoms with E-state index < -0.39 is 15.7 Å². The lowest BCUT2D eigenvalue weighted by molar-refractivity contribution is -0.114. The zero-order valence-corrected chi connectivity index (χ0v) is 21.9. The first-order chi connectivity index (χ1) is 17.4. The molecule has 0 radical (unpaired) electrons. The average molecular weight is 524 g/mol. The van der Waals surface area contributed by atoms with E-state index in [2.05, 4.69) is 22.2 Å². The number of hydrogen-bond donors (Lipinski definition) is 2. The van der Waals surface area contributed by atoms with E-state index in [9.17, 15) is 18.0 Å². The van der Waals surface area contributed by atoms with Crippen LogP contribution in [0.25, 0.3) is 0 Å². The van der Waals surface area contributed by atoms with Gasteiger partial charge in [-0.25, -0.2) is 18.4 Å². The van der Waals surface area contributed by atoms with Gasteiger partial charge in [-0.1, -0.05) is 19.1 Å². The minimum Gasteiger partial charge on any atom is -0.439 e. The quantitative estimate of drug-likeness (QED) is 0.476. The molecule has 3 N–H and O–H groups in total. The fraction of sp³-hybridized carbons (Fsp3) is 0.308. The second kappa shape index (κ2) is 9.81. The Morgan fingerprint density at radius 3 is 2.54 bits per heavy atom. The Morgan fingerprint density at radius 1 is 1.16 bits per heavy atom. The summed E-state index contributed by atoms with van der Waals surface area (Å²) in [6, 6.07) is 12.2. The summed E-state index contributed by atoms with van der Waals surface area (Å²) in [5.41, 5.74) is 5.73. The van der Waals surface area contributed by atoms with Crippen molar-refractivity contribution in [3.8, 4) is 11.6 Å². The highest BCUT2D eigenvalue weighted by atomic mass is 32.2. The van der Waals surface area contributed by atoms with Crippen LogP contribution in [0.4, 0.5) is 11.5 Å². The van der Waals surface area contributed by atoms with Gasteiger partial charge >= 0.3 is 0 Å². The zero-order chi connectivity index (χ0) is 27.0. The van der Waals surface area contributed by atoms with Gasteiger partial charge in [-0.05, 0) is 50.5 Å². The number of nitrogens with one attached hydrogen (secondary N) is 1. The maximum atomic E-state index is 13.7. The number of ether oxygens (including phenoxy) is 1. The summed E-state index contributed by atoms with van der Waals surface area (Å²) in [6.45, 7) is 8.14. The Balaban J connectivity index is 1.73. The molecule has 0 saturated carbocycles. The third kappa shape index (κ3) is 5.41. The summed E-state index contributed by atoms with van der Waals surface area (Å²) >= 11 is 0. The van der Waals surface area contributed by atoms with Crippen LogP contribution in [0.1, 0.15) is 44.5 Å². The van der Waals surface area contributed by atoms with E-state index in [0.717, 1.165) is 6.42 Å². The third-order valence-corrected chi connectivity index (χ3v) is 7.80. The summed E-state index contributed by atoms with van der Waals surface area (Å²) < 4.78 is 33.2. The van der Waals surface area contributed by atoms with Gasteiger partial charge in [0.15, 0.2) is 5.03 Å². The number of rotatable bonds is 7. The molecule has 11 heteroatoms. The maximum Gasteiger partial charge on any atom is 0.253 e. The molecule has 0 spiro atoms. The molecule has 4 rings (SSSR count). The molecule has 2 amide bonds. The molecule has 3 aromatic rings. The highest BCUT2D eigenvalue weighted by molar-refractivity contribution is 7.91. The summed E-state index contributed by atoms with van der Waals surface area (Å²) in [7, 11) is -4.27. The first kappa shape index (κ1) is 26.1. The molecule has 1 fully saturated rings. The van der Waals surface area contributed by atoms with Crippen LogP contribution in [-0.2, 0) is 14.6 Å². The number of hydrogen-bond acceptors (Lipinski definition) is 8. The van der Waals surface area contributed by atoms with Gasteiger partial charge in [0, 0.05) is 43.0 Å². The normalized spacial score (nSPS) is 16.9. The van der Waals surface area contributed by atoms with Gasteiger partial charge < -0.3 is 20.7 Å². The van der Waals surface area contributed by atoms with E-state index in [1.807, 2.05) is 18.7 Å². The SMILES string of the molecule is CC(=O)Nc1cccc(Oc2cccc(S(=O)(=O)c3ccnc(N4CC(C)CC4(C)C)c3C(N)=O)n2)c1. The maximum absolute atomic E-state index is 13.7. The first-order valence-electron chi connectivity index (χ1n) is 11.7. The molecule has 0 aliphatic carbocycles. The van der Waals surface area contributed by atoms with Gasteiger partial charge in [0.2, 0.25) is 21.6 Å². The van der Waals surface area contributed by atoms with Crippen molar-refractivity contribution in [3.63, 3.8) is 0 Å². The van der Waals surface area contributed by atoms with Crippen molar-refractivity contribution >= 4 is 33.2 Å². The summed E-state index contributed by atoms with van der Waals surface area (Å²) in [5.74, 6) is -0.188. The molecule has 0 bridgehead atoms. The van der Waals surface area contributed by atoms with E-state index in [4.69, 9.17) is 10.5 Å². The van der Waals surface area contributed by atoms with Crippen molar-refractivity contribution in [3.05, 3.63) is 60.3 Å². The Labute approximate surface area is 215 Å². The number of primary amides is 1. The van der Waals surface area contributed by atoms with E-state index in [1.165, 1.54) is 37.4 Å². The van der Waals surface area contributed by atoms with E-state index in [-0.39, 0.29) is 38.6 Å². The average Bonchev–Trinajstić information content (AvgIpc) is 3.10. The minimum absolute atomic E-state index is 0.0189. The number of pyridine rings is 2. The van der Waals surface area contributed by atoms with Crippen LogP contribution in [0.3, 0.4) is 0 Å². The molecule has 10 nitrogen and oxygen atoms in total. The van der Waals surface area contributed by atoms with E-state index in [1.54, 1.807) is 24.3 Å². The van der Waals surface area contributed by atoms with E-state index >= 15 is 0 Å². The smallest absolute Gasteiger partial charge is 0.253 e.